The summed E-state index contributed by atoms with van der Waals surface area (Å²) >= 11 is 0. The van der Waals surface area contributed by atoms with E-state index < -0.39 is 44.7 Å². The first-order valence-corrected chi connectivity index (χ1v) is 22.0. The van der Waals surface area contributed by atoms with E-state index in [9.17, 15) is 24.4 Å². The largest absolute Gasteiger partial charge is 0.469 e. The summed E-state index contributed by atoms with van der Waals surface area (Å²) in [6.07, 6.45) is 28.2. The highest BCUT2D eigenvalue weighted by molar-refractivity contribution is 7.46. The maximum atomic E-state index is 12.4. The molecular weight excluding hydrogens is 671 g/mol. The topological polar surface area (TPSA) is 160 Å². The Kier molecular flexibility index (Phi) is 33.6. The first kappa shape index (κ1) is 49.7. The molecule has 11 heteroatoms. The predicted octanol–water partition coefficient (Wildman–Crippen LogP) is 10.0. The molecule has 0 aromatic carbocycles. The first-order chi connectivity index (χ1) is 24.4. The van der Waals surface area contributed by atoms with Gasteiger partial charge in [0.2, 0.25) is 0 Å². The van der Waals surface area contributed by atoms with Crippen LogP contribution in [0.5, 0.6) is 0 Å². The molecule has 51 heavy (non-hydrogen) atoms. The molecule has 0 fully saturated rings. The van der Waals surface area contributed by atoms with Crippen molar-refractivity contribution in [2.75, 3.05) is 13.2 Å². The van der Waals surface area contributed by atoms with Crippen LogP contribution in [0.25, 0.3) is 0 Å². The number of rotatable bonds is 37. The lowest BCUT2D eigenvalue weighted by Crippen LogP contribution is -2.29. The molecule has 0 saturated carbocycles. The molecule has 0 radical (unpaired) electrons. The maximum absolute atomic E-state index is 12.4. The number of allylic oxidation sites excluding steroid dienone is 1. The van der Waals surface area contributed by atoms with Gasteiger partial charge < -0.3 is 29.5 Å². The number of aliphatic hydroxyl groups is 2. The molecule has 4 N–H and O–H groups in total. The van der Waals surface area contributed by atoms with Gasteiger partial charge in [0.05, 0.1) is 18.8 Å². The molecular formula is C40H77O10P. The summed E-state index contributed by atoms with van der Waals surface area (Å²) in [7, 11) is -4.78. The number of phosphoric acid groups is 1. The standard InChI is InChI=1S/C40H77O10P/c1-4-5-6-7-19-24-29-37(41)38(42)30-25-20-17-22-26-31-39(43)48-33-36(34-49-51(45,46)47)50-40(44)32-27-21-16-14-12-10-8-9-11-13-15-18-23-28-35(2)3/h19,24,35-38,41-42H,4-18,20-23,25-34H2,1-3H3,(H2,45,46,47)/b24-19-/t36-,37-,38-/m1/s1. The molecule has 0 bridgehead atoms. The predicted molar refractivity (Wildman–Crippen MR) is 205 cm³/mol. The minimum absolute atomic E-state index is 0.171. The second-order valence-electron chi connectivity index (χ2n) is 14.8. The summed E-state index contributed by atoms with van der Waals surface area (Å²) < 4.78 is 26.3. The average molecular weight is 749 g/mol. The van der Waals surface area contributed by atoms with E-state index in [1.807, 2.05) is 6.08 Å². The molecule has 10 nitrogen and oxygen atoms in total. The van der Waals surface area contributed by atoms with Gasteiger partial charge in [-0.05, 0) is 44.4 Å². The van der Waals surface area contributed by atoms with E-state index in [0.29, 0.717) is 25.7 Å². The number of ether oxygens (including phenoxy) is 2. The van der Waals surface area contributed by atoms with Crippen LogP contribution in [-0.2, 0) is 28.2 Å². The van der Waals surface area contributed by atoms with Crippen LogP contribution in [0.15, 0.2) is 12.2 Å². The van der Waals surface area contributed by atoms with Crippen LogP contribution in [0.2, 0.25) is 0 Å². The Morgan fingerprint density at radius 2 is 1.10 bits per heavy atom. The van der Waals surface area contributed by atoms with Gasteiger partial charge in [-0.1, -0.05) is 155 Å². The molecule has 0 aliphatic carbocycles. The highest BCUT2D eigenvalue weighted by Gasteiger charge is 2.23. The molecule has 0 rings (SSSR count). The highest BCUT2D eigenvalue weighted by Crippen LogP contribution is 2.36. The Hall–Kier alpha value is -1.29. The van der Waals surface area contributed by atoms with Gasteiger partial charge in [-0.25, -0.2) is 4.57 Å². The van der Waals surface area contributed by atoms with Gasteiger partial charge in [0.15, 0.2) is 6.10 Å². The molecule has 0 aliphatic heterocycles. The van der Waals surface area contributed by atoms with E-state index in [4.69, 9.17) is 19.3 Å². The summed E-state index contributed by atoms with van der Waals surface area (Å²) in [4.78, 5) is 42.8. The zero-order valence-corrected chi connectivity index (χ0v) is 33.6. The van der Waals surface area contributed by atoms with Crippen molar-refractivity contribution in [3.63, 3.8) is 0 Å². The highest BCUT2D eigenvalue weighted by atomic mass is 31.2. The fourth-order valence-electron chi connectivity index (χ4n) is 5.93. The molecule has 0 heterocycles. The fourth-order valence-corrected chi connectivity index (χ4v) is 6.29. The van der Waals surface area contributed by atoms with Gasteiger partial charge in [-0.15, -0.1) is 0 Å². The van der Waals surface area contributed by atoms with Crippen molar-refractivity contribution in [2.24, 2.45) is 5.92 Å². The Bertz CT molecular complexity index is 890. The molecule has 302 valence electrons. The molecule has 0 aromatic rings. The van der Waals surface area contributed by atoms with Crippen LogP contribution in [-0.4, -0.2) is 63.5 Å². The molecule has 0 spiro atoms. The van der Waals surface area contributed by atoms with Gasteiger partial charge in [0.1, 0.15) is 6.61 Å². The molecule has 0 saturated heterocycles. The summed E-state index contributed by atoms with van der Waals surface area (Å²) in [5.74, 6) is -0.175. The molecule has 0 unspecified atom stereocenters. The second kappa shape index (κ2) is 34.5. The number of hydrogen-bond donors (Lipinski definition) is 4. The van der Waals surface area contributed by atoms with Gasteiger partial charge in [0.25, 0.3) is 0 Å². The van der Waals surface area contributed by atoms with E-state index in [-0.39, 0.29) is 19.4 Å². The van der Waals surface area contributed by atoms with Crippen LogP contribution in [0.3, 0.4) is 0 Å². The minimum Gasteiger partial charge on any atom is -0.462 e. The fraction of sp³-hybridized carbons (Fsp3) is 0.900. The second-order valence-corrected chi connectivity index (χ2v) is 16.0. The zero-order valence-electron chi connectivity index (χ0n) is 32.7. The van der Waals surface area contributed by atoms with Gasteiger partial charge >= 0.3 is 19.8 Å². The quantitative estimate of drug-likeness (QED) is 0.0208. The Balaban J connectivity index is 4.03. The SMILES string of the molecule is CCCCC/C=C\C[C@@H](O)[C@H](O)CCCCCCCC(=O)OC[C@H](COP(=O)(O)O)OC(=O)CCCCCCCCCCCCCCCC(C)C. The van der Waals surface area contributed by atoms with Crippen LogP contribution in [0, 0.1) is 5.92 Å². The zero-order chi connectivity index (χ0) is 38.0. The summed E-state index contributed by atoms with van der Waals surface area (Å²) in [6.45, 7) is 5.83. The lowest BCUT2D eigenvalue weighted by molar-refractivity contribution is -0.161. The smallest absolute Gasteiger partial charge is 0.462 e. The Morgan fingerprint density at radius 3 is 1.61 bits per heavy atom. The van der Waals surface area contributed by atoms with E-state index in [0.717, 1.165) is 63.7 Å². The van der Waals surface area contributed by atoms with E-state index in [1.54, 1.807) is 0 Å². The summed E-state index contributed by atoms with van der Waals surface area (Å²) in [5, 5.41) is 20.3. The molecule has 0 aliphatic rings. The lowest BCUT2D eigenvalue weighted by Gasteiger charge is -2.18. The summed E-state index contributed by atoms with van der Waals surface area (Å²) in [5.41, 5.74) is 0. The first-order valence-electron chi connectivity index (χ1n) is 20.5. The van der Waals surface area contributed by atoms with Crippen molar-refractivity contribution < 1.29 is 48.2 Å². The van der Waals surface area contributed by atoms with Crippen LogP contribution in [0.4, 0.5) is 0 Å². The van der Waals surface area contributed by atoms with Gasteiger partial charge in [-0.2, -0.15) is 0 Å². The number of aliphatic hydroxyl groups excluding tert-OH is 2. The number of unbranched alkanes of at least 4 members (excludes halogenated alkanes) is 19. The van der Waals surface area contributed by atoms with E-state index in [2.05, 4.69) is 31.4 Å². The third-order valence-electron chi connectivity index (χ3n) is 9.16. The van der Waals surface area contributed by atoms with Gasteiger partial charge in [-0.3, -0.25) is 14.1 Å². The lowest BCUT2D eigenvalue weighted by atomic mass is 10.0. The van der Waals surface area contributed by atoms with Crippen molar-refractivity contribution in [3.8, 4) is 0 Å². The normalized spacial score (nSPS) is 13.9. The van der Waals surface area contributed by atoms with Crippen LogP contribution in [0.1, 0.15) is 194 Å². The average Bonchev–Trinajstić information content (AvgIpc) is 3.08. The van der Waals surface area contributed by atoms with Crippen molar-refractivity contribution in [1.82, 2.24) is 0 Å². The molecule has 0 aromatic heterocycles. The number of carbonyl (C=O) groups is 2. The van der Waals surface area contributed by atoms with Crippen LogP contribution < -0.4 is 0 Å². The summed E-state index contributed by atoms with van der Waals surface area (Å²) in [6, 6.07) is 0. The third kappa shape index (κ3) is 36.8. The Morgan fingerprint density at radius 1 is 0.608 bits per heavy atom. The number of carbonyl (C=O) groups excluding carboxylic acids is 2. The van der Waals surface area contributed by atoms with Gasteiger partial charge in [0, 0.05) is 12.8 Å². The van der Waals surface area contributed by atoms with Crippen molar-refractivity contribution in [2.45, 2.75) is 212 Å². The monoisotopic (exact) mass is 749 g/mol. The number of phosphoric ester groups is 1. The number of esters is 2. The molecule has 3 atom stereocenters. The molecule has 0 amide bonds. The van der Waals surface area contributed by atoms with Crippen molar-refractivity contribution >= 4 is 19.8 Å². The third-order valence-corrected chi connectivity index (χ3v) is 9.65. The maximum Gasteiger partial charge on any atom is 0.469 e. The van der Waals surface area contributed by atoms with Crippen LogP contribution >= 0.6 is 7.82 Å². The van der Waals surface area contributed by atoms with E-state index >= 15 is 0 Å². The van der Waals surface area contributed by atoms with Crippen molar-refractivity contribution in [3.05, 3.63) is 12.2 Å². The number of hydrogen-bond acceptors (Lipinski definition) is 8. The minimum atomic E-state index is -4.78. The van der Waals surface area contributed by atoms with E-state index in [1.165, 1.54) is 77.0 Å². The Labute approximate surface area is 311 Å². The van der Waals surface area contributed by atoms with Crippen molar-refractivity contribution in [1.29, 1.82) is 0 Å².